The third-order valence-electron chi connectivity index (χ3n) is 19.2. The molecule has 23 nitrogen and oxygen atoms in total. The maximum atomic E-state index is 12.1. The van der Waals surface area contributed by atoms with Crippen LogP contribution in [0.5, 0.6) is 0 Å². The van der Waals surface area contributed by atoms with Gasteiger partial charge in [-0.2, -0.15) is 0 Å². The molecule has 0 aromatic rings. The van der Waals surface area contributed by atoms with E-state index in [0.717, 1.165) is 32.1 Å². The van der Waals surface area contributed by atoms with Crippen LogP contribution in [0.25, 0.3) is 0 Å². The van der Waals surface area contributed by atoms with E-state index in [1.54, 1.807) is 0 Å². The summed E-state index contributed by atoms with van der Waals surface area (Å²) in [5, 5.41) is 148. The molecule has 73 heavy (non-hydrogen) atoms. The van der Waals surface area contributed by atoms with Crippen molar-refractivity contribution in [1.29, 1.82) is 0 Å². The first-order valence-corrected chi connectivity index (χ1v) is 26.5. The Bertz CT molecular complexity index is 1900. The summed E-state index contributed by atoms with van der Waals surface area (Å²) in [6, 6.07) is 0. The summed E-state index contributed by atoms with van der Waals surface area (Å²) in [6.45, 7) is 9.06. The Labute approximate surface area is 424 Å². The van der Waals surface area contributed by atoms with Crippen molar-refractivity contribution < 1.29 is 114 Å². The molecule has 3 saturated carbocycles. The van der Waals surface area contributed by atoms with E-state index in [2.05, 4.69) is 26.8 Å². The highest BCUT2D eigenvalue weighted by Gasteiger charge is 2.68. The molecule has 420 valence electrons. The highest BCUT2D eigenvalue weighted by Crippen LogP contribution is 2.70. The molecule has 11 unspecified atom stereocenters. The van der Waals surface area contributed by atoms with Crippen LogP contribution < -0.4 is 0 Å². The Morgan fingerprint density at radius 2 is 1.29 bits per heavy atom. The lowest BCUT2D eigenvalue weighted by Gasteiger charge is -2.58. The van der Waals surface area contributed by atoms with Crippen molar-refractivity contribution >= 4 is 0 Å². The topological polar surface area (TPSA) is 366 Å². The van der Waals surface area contributed by atoms with Gasteiger partial charge in [-0.25, -0.2) is 0 Å². The number of rotatable bonds is 14. The van der Waals surface area contributed by atoms with Crippen LogP contribution in [0.15, 0.2) is 11.6 Å². The molecular weight excluding hydrogens is 969 g/mol. The predicted octanol–water partition coefficient (Wildman–Crippen LogP) is -3.05. The summed E-state index contributed by atoms with van der Waals surface area (Å²) in [5.41, 5.74) is 1.01. The number of fused-ring (bicyclic) bond motifs is 7. The molecule has 0 amide bonds. The zero-order valence-corrected chi connectivity index (χ0v) is 42.2. The average Bonchev–Trinajstić information content (AvgIpc) is 3.80. The normalized spacial score (nSPS) is 55.5. The molecule has 0 bridgehead atoms. The third-order valence-corrected chi connectivity index (χ3v) is 19.2. The number of ether oxygens (including phenoxy) is 9. The SMILES string of the molecule is CC1O[C@@H](O[C@H]2C(O)[C@H](O[C@@H]3OC(O)[C@H](O)C(O)[C@@H]3O)C(CO)O[C@H]2OC2CC[C@@]3(C)C(=CC[C@H]4[C@@H]5CC6OC(O)(CC[C@@H](C)CO[C@@H]7OC(CO)[C@@H](O)C(O)[C@@H]7O)[C@@H](C)[C@@H]6[C@@]5(C)CC[C@@H]43)C2)[C@@H](O)C(O)[C@H]1O. The summed E-state index contributed by atoms with van der Waals surface area (Å²) >= 11 is 0. The second-order valence-electron chi connectivity index (χ2n) is 23.5. The molecule has 4 aliphatic carbocycles. The number of hydrogen-bond acceptors (Lipinski definition) is 23. The fraction of sp³-hybridized carbons (Fsp3) is 0.960. The Morgan fingerprint density at radius 1 is 0.658 bits per heavy atom. The van der Waals surface area contributed by atoms with Gasteiger partial charge in [0.1, 0.15) is 85.5 Å². The van der Waals surface area contributed by atoms with Gasteiger partial charge < -0.3 is 114 Å². The van der Waals surface area contributed by atoms with Crippen molar-refractivity contribution in [1.82, 2.24) is 0 Å². The maximum absolute atomic E-state index is 12.1. The van der Waals surface area contributed by atoms with Gasteiger partial charge >= 0.3 is 0 Å². The van der Waals surface area contributed by atoms with Crippen molar-refractivity contribution in [3.63, 3.8) is 0 Å². The van der Waals surface area contributed by atoms with E-state index < -0.39 is 148 Å². The average molecular weight is 1050 g/mol. The van der Waals surface area contributed by atoms with Gasteiger partial charge in [0.05, 0.1) is 38.1 Å². The highest BCUT2D eigenvalue weighted by atomic mass is 16.8. The largest absolute Gasteiger partial charge is 0.394 e. The molecule has 0 aromatic heterocycles. The van der Waals surface area contributed by atoms with Crippen LogP contribution in [-0.2, 0) is 42.6 Å². The first-order valence-electron chi connectivity index (χ1n) is 26.5. The lowest BCUT2D eigenvalue weighted by Crippen LogP contribution is -2.66. The van der Waals surface area contributed by atoms with Crippen molar-refractivity contribution in [2.45, 2.75) is 233 Å². The molecule has 31 atom stereocenters. The van der Waals surface area contributed by atoms with E-state index in [-0.39, 0.29) is 41.3 Å². The molecular formula is C50H82O23. The lowest BCUT2D eigenvalue weighted by atomic mass is 9.47. The van der Waals surface area contributed by atoms with E-state index in [9.17, 15) is 71.5 Å². The van der Waals surface area contributed by atoms with E-state index in [0.29, 0.717) is 43.4 Å². The van der Waals surface area contributed by atoms with Crippen molar-refractivity contribution in [2.24, 2.45) is 46.3 Å². The predicted molar refractivity (Wildman–Crippen MR) is 245 cm³/mol. The van der Waals surface area contributed by atoms with Crippen molar-refractivity contribution in [3.8, 4) is 0 Å². The molecule has 9 rings (SSSR count). The van der Waals surface area contributed by atoms with Crippen LogP contribution in [0, 0.1) is 46.3 Å². The summed E-state index contributed by atoms with van der Waals surface area (Å²) in [5.74, 6) is -0.317. The molecule has 8 fully saturated rings. The Kier molecular flexibility index (Phi) is 16.9. The molecule has 23 heteroatoms. The second kappa shape index (κ2) is 21.8. The van der Waals surface area contributed by atoms with Crippen LogP contribution in [-0.4, -0.2) is 232 Å². The summed E-state index contributed by atoms with van der Waals surface area (Å²) in [4.78, 5) is 0. The van der Waals surface area contributed by atoms with E-state index >= 15 is 0 Å². The fourth-order valence-electron chi connectivity index (χ4n) is 14.8. The van der Waals surface area contributed by atoms with E-state index in [4.69, 9.17) is 42.6 Å². The third kappa shape index (κ3) is 10.1. The molecule has 5 saturated heterocycles. The van der Waals surface area contributed by atoms with Gasteiger partial charge in [0.2, 0.25) is 0 Å². The number of aliphatic hydroxyl groups excluding tert-OH is 13. The van der Waals surface area contributed by atoms with Crippen LogP contribution in [0.4, 0.5) is 0 Å². The zero-order valence-electron chi connectivity index (χ0n) is 42.2. The van der Waals surface area contributed by atoms with Crippen LogP contribution >= 0.6 is 0 Å². The minimum atomic E-state index is -1.97. The zero-order chi connectivity index (χ0) is 52.8. The first kappa shape index (κ1) is 56.5. The van der Waals surface area contributed by atoms with E-state index in [1.807, 2.05) is 6.92 Å². The summed E-state index contributed by atoms with van der Waals surface area (Å²) < 4.78 is 53.8. The molecule has 5 aliphatic heterocycles. The molecule has 0 spiro atoms. The maximum Gasteiger partial charge on any atom is 0.189 e. The van der Waals surface area contributed by atoms with Gasteiger partial charge in [-0.05, 0) is 98.7 Å². The number of allylic oxidation sites excluding steroid dienone is 1. The quantitative estimate of drug-likeness (QED) is 0.0769. The van der Waals surface area contributed by atoms with Gasteiger partial charge in [0, 0.05) is 12.3 Å². The minimum absolute atomic E-state index is 0.0712. The first-order chi connectivity index (χ1) is 34.5. The molecule has 14 N–H and O–H groups in total. The Balaban J connectivity index is 0.846. The lowest BCUT2D eigenvalue weighted by molar-refractivity contribution is -0.397. The fourth-order valence-corrected chi connectivity index (χ4v) is 14.8. The molecule has 9 aliphatic rings. The van der Waals surface area contributed by atoms with Crippen LogP contribution in [0.1, 0.15) is 92.4 Å². The number of aliphatic hydroxyl groups is 14. The summed E-state index contributed by atoms with van der Waals surface area (Å²) in [7, 11) is 0. The Morgan fingerprint density at radius 3 is 1.99 bits per heavy atom. The summed E-state index contributed by atoms with van der Waals surface area (Å²) in [6.07, 6.45) is -23.3. The van der Waals surface area contributed by atoms with E-state index in [1.165, 1.54) is 12.5 Å². The number of hydrogen-bond donors (Lipinski definition) is 14. The molecule has 0 aromatic carbocycles. The molecule has 0 radical (unpaired) electrons. The Hall–Kier alpha value is -1.18. The highest BCUT2D eigenvalue weighted by molar-refractivity contribution is 5.26. The van der Waals surface area contributed by atoms with Gasteiger partial charge in [0.15, 0.2) is 37.2 Å². The van der Waals surface area contributed by atoms with Crippen LogP contribution in [0.2, 0.25) is 0 Å². The smallest absolute Gasteiger partial charge is 0.189 e. The van der Waals surface area contributed by atoms with Gasteiger partial charge in [-0.3, -0.25) is 0 Å². The van der Waals surface area contributed by atoms with Gasteiger partial charge in [0.25, 0.3) is 0 Å². The molecule has 5 heterocycles. The van der Waals surface area contributed by atoms with Crippen molar-refractivity contribution in [3.05, 3.63) is 11.6 Å². The second-order valence-corrected chi connectivity index (χ2v) is 23.5. The minimum Gasteiger partial charge on any atom is -0.394 e. The van der Waals surface area contributed by atoms with Crippen LogP contribution in [0.3, 0.4) is 0 Å². The van der Waals surface area contributed by atoms with Crippen molar-refractivity contribution in [2.75, 3.05) is 19.8 Å². The monoisotopic (exact) mass is 1050 g/mol. The standard InChI is InChI=1S/C50H82O23/c1-19(18-65-44-37(59)34(56)32(54)28(16-51)68-44)8-13-50(64)20(2)30-27(73-50)15-26-24-7-6-22-14-23(9-11-48(22,4)25(24)10-12-49(26,30)5)67-47-42(71-45-38(60)33(55)31(53)21(3)66-45)40(62)41(29(17-52)69-47)70-46-39(61)35(57)36(58)43(63)72-46/h6,19-21,23-47,51-64H,7-18H2,1-5H3/t19-,20+,21?,23?,24-,25+,26+,27?,28?,29?,30+,31+,32-,33?,34?,35?,36-,37+,38+,39+,40?,41-,42+,43?,44-,45+,46-,47-,48+,49+,50?/m1/s1. The van der Waals surface area contributed by atoms with Gasteiger partial charge in [-0.15, -0.1) is 0 Å². The van der Waals surface area contributed by atoms with Gasteiger partial charge in [-0.1, -0.05) is 39.3 Å².